The van der Waals surface area contributed by atoms with Crippen LogP contribution in [0.3, 0.4) is 0 Å². The van der Waals surface area contributed by atoms with Gasteiger partial charge in [0, 0.05) is 17.7 Å². The van der Waals surface area contributed by atoms with E-state index in [9.17, 15) is 4.79 Å². The molecular weight excluding hydrogens is 238 g/mol. The van der Waals surface area contributed by atoms with Crippen molar-refractivity contribution in [2.75, 3.05) is 7.11 Å². The van der Waals surface area contributed by atoms with Crippen molar-refractivity contribution in [3.63, 3.8) is 0 Å². The summed E-state index contributed by atoms with van der Waals surface area (Å²) in [5.41, 5.74) is 2.05. The van der Waals surface area contributed by atoms with Gasteiger partial charge in [0.1, 0.15) is 5.75 Å². The summed E-state index contributed by atoms with van der Waals surface area (Å²) in [7, 11) is 1.63. The summed E-state index contributed by atoms with van der Waals surface area (Å²) < 4.78 is 5.27. The highest BCUT2D eigenvalue weighted by Crippen LogP contribution is 2.20. The van der Waals surface area contributed by atoms with Crippen LogP contribution in [0.4, 0.5) is 0 Å². The molecule has 104 valence electrons. The van der Waals surface area contributed by atoms with Gasteiger partial charge >= 0.3 is 0 Å². The third kappa shape index (κ3) is 4.78. The minimum Gasteiger partial charge on any atom is -0.496 e. The molecule has 1 unspecified atom stereocenters. The number of methoxy groups -OCH3 is 1. The van der Waals surface area contributed by atoms with E-state index < -0.39 is 0 Å². The zero-order valence-electron chi connectivity index (χ0n) is 12.4. The van der Waals surface area contributed by atoms with Crippen LogP contribution in [0.1, 0.15) is 31.9 Å². The molecule has 1 amide bonds. The number of nitrogens with one attached hydrogen (secondary N) is 1. The first-order chi connectivity index (χ1) is 8.93. The topological polar surface area (TPSA) is 38.3 Å². The minimum absolute atomic E-state index is 0.0789. The van der Waals surface area contributed by atoms with Crippen LogP contribution in [0, 0.1) is 12.8 Å². The molecule has 19 heavy (non-hydrogen) atoms. The number of hydrogen-bond donors (Lipinski definition) is 1. The highest BCUT2D eigenvalue weighted by Gasteiger charge is 2.08. The summed E-state index contributed by atoms with van der Waals surface area (Å²) in [6.45, 7) is 8.18. The minimum atomic E-state index is -0.0789. The molecule has 0 radical (unpaired) electrons. The van der Waals surface area contributed by atoms with E-state index in [1.54, 1.807) is 19.3 Å². The van der Waals surface area contributed by atoms with E-state index in [2.05, 4.69) is 19.2 Å². The first-order valence-corrected chi connectivity index (χ1v) is 6.57. The Hall–Kier alpha value is -1.77. The molecule has 0 heterocycles. The van der Waals surface area contributed by atoms with Gasteiger partial charge in [-0.15, -0.1) is 0 Å². The van der Waals surface area contributed by atoms with Gasteiger partial charge in [0.2, 0.25) is 5.91 Å². The lowest BCUT2D eigenvalue weighted by Gasteiger charge is -2.15. The van der Waals surface area contributed by atoms with Crippen LogP contribution in [0.5, 0.6) is 5.75 Å². The maximum atomic E-state index is 11.8. The van der Waals surface area contributed by atoms with Gasteiger partial charge in [0.15, 0.2) is 0 Å². The standard InChI is InChI=1S/C16H23NO2/c1-11(2)13(4)17-16(18)9-7-14-10-12(3)6-8-15(14)19-5/h6-11,13H,1-5H3,(H,17,18)/b9-7+. The summed E-state index contributed by atoms with van der Waals surface area (Å²) in [5, 5.41) is 2.94. The molecule has 0 saturated carbocycles. The van der Waals surface area contributed by atoms with E-state index in [-0.39, 0.29) is 11.9 Å². The molecule has 0 aliphatic carbocycles. The summed E-state index contributed by atoms with van der Waals surface area (Å²) in [5.74, 6) is 1.11. The van der Waals surface area contributed by atoms with Crippen molar-refractivity contribution in [3.8, 4) is 5.75 Å². The van der Waals surface area contributed by atoms with Gasteiger partial charge in [0.25, 0.3) is 0 Å². The van der Waals surface area contributed by atoms with Crippen LogP contribution in [0.25, 0.3) is 6.08 Å². The molecule has 0 aromatic heterocycles. The second kappa shape index (κ2) is 6.98. The third-order valence-electron chi connectivity index (χ3n) is 3.17. The number of hydrogen-bond acceptors (Lipinski definition) is 2. The lowest BCUT2D eigenvalue weighted by atomic mass is 10.1. The van der Waals surface area contributed by atoms with Gasteiger partial charge in [0.05, 0.1) is 7.11 Å². The van der Waals surface area contributed by atoms with Crippen LogP contribution in [-0.2, 0) is 4.79 Å². The van der Waals surface area contributed by atoms with Crippen LogP contribution in [0.2, 0.25) is 0 Å². The molecule has 3 nitrogen and oxygen atoms in total. The lowest BCUT2D eigenvalue weighted by molar-refractivity contribution is -0.117. The second-order valence-electron chi connectivity index (χ2n) is 5.12. The van der Waals surface area contributed by atoms with Crippen molar-refractivity contribution < 1.29 is 9.53 Å². The van der Waals surface area contributed by atoms with Crippen molar-refractivity contribution >= 4 is 12.0 Å². The van der Waals surface area contributed by atoms with E-state index >= 15 is 0 Å². The number of carbonyl (C=O) groups excluding carboxylic acids is 1. The average Bonchev–Trinajstić information content (AvgIpc) is 2.36. The van der Waals surface area contributed by atoms with Crippen LogP contribution < -0.4 is 10.1 Å². The smallest absolute Gasteiger partial charge is 0.244 e. The summed E-state index contributed by atoms with van der Waals surface area (Å²) >= 11 is 0. The molecule has 0 bridgehead atoms. The molecule has 3 heteroatoms. The Balaban J connectivity index is 2.76. The maximum Gasteiger partial charge on any atom is 0.244 e. The maximum absolute atomic E-state index is 11.8. The number of carbonyl (C=O) groups is 1. The van der Waals surface area contributed by atoms with Gasteiger partial charge in [-0.2, -0.15) is 0 Å². The van der Waals surface area contributed by atoms with Crippen LogP contribution in [-0.4, -0.2) is 19.1 Å². The van der Waals surface area contributed by atoms with E-state index in [1.165, 1.54) is 0 Å². The van der Waals surface area contributed by atoms with Gasteiger partial charge in [-0.3, -0.25) is 4.79 Å². The van der Waals surface area contributed by atoms with E-state index in [4.69, 9.17) is 4.74 Å². The average molecular weight is 261 g/mol. The van der Waals surface area contributed by atoms with E-state index in [1.807, 2.05) is 32.0 Å². The fraction of sp³-hybridized carbons (Fsp3) is 0.438. The van der Waals surface area contributed by atoms with E-state index in [0.29, 0.717) is 5.92 Å². The number of aryl methyl sites for hydroxylation is 1. The molecule has 1 aromatic rings. The van der Waals surface area contributed by atoms with Crippen molar-refractivity contribution in [1.82, 2.24) is 5.32 Å². The Kier molecular flexibility index (Phi) is 5.61. The predicted octanol–water partition coefficient (Wildman–Crippen LogP) is 3.18. The molecule has 1 atom stereocenters. The van der Waals surface area contributed by atoms with Crippen LogP contribution in [0.15, 0.2) is 24.3 Å². The van der Waals surface area contributed by atoms with Crippen molar-refractivity contribution in [2.45, 2.75) is 33.7 Å². The molecule has 1 rings (SSSR count). The first-order valence-electron chi connectivity index (χ1n) is 6.57. The molecule has 0 saturated heterocycles. The lowest BCUT2D eigenvalue weighted by Crippen LogP contribution is -2.34. The SMILES string of the molecule is COc1ccc(C)cc1/C=C/C(=O)NC(C)C(C)C. The Morgan fingerprint density at radius 3 is 2.58 bits per heavy atom. The zero-order valence-corrected chi connectivity index (χ0v) is 12.4. The third-order valence-corrected chi connectivity index (χ3v) is 3.17. The normalized spacial score (nSPS) is 12.7. The Morgan fingerprint density at radius 2 is 2.00 bits per heavy atom. The van der Waals surface area contributed by atoms with Crippen molar-refractivity contribution in [1.29, 1.82) is 0 Å². The molecule has 0 fully saturated rings. The van der Waals surface area contributed by atoms with Gasteiger partial charge < -0.3 is 10.1 Å². The van der Waals surface area contributed by atoms with Gasteiger partial charge in [-0.1, -0.05) is 25.5 Å². The monoisotopic (exact) mass is 261 g/mol. The van der Waals surface area contributed by atoms with Crippen LogP contribution >= 0.6 is 0 Å². The fourth-order valence-electron chi connectivity index (χ4n) is 1.59. The van der Waals surface area contributed by atoms with E-state index in [0.717, 1.165) is 16.9 Å². The number of benzene rings is 1. The molecular formula is C16H23NO2. The molecule has 0 aliphatic rings. The largest absolute Gasteiger partial charge is 0.496 e. The van der Waals surface area contributed by atoms with Gasteiger partial charge in [-0.25, -0.2) is 0 Å². The number of amides is 1. The van der Waals surface area contributed by atoms with Crippen molar-refractivity contribution in [2.24, 2.45) is 5.92 Å². The highest BCUT2D eigenvalue weighted by molar-refractivity contribution is 5.92. The Bertz CT molecular complexity index is 464. The molecule has 1 N–H and O–H groups in total. The molecule has 0 spiro atoms. The van der Waals surface area contributed by atoms with Crippen molar-refractivity contribution in [3.05, 3.63) is 35.4 Å². The first kappa shape index (κ1) is 15.3. The summed E-state index contributed by atoms with van der Waals surface area (Å²) in [6.07, 6.45) is 3.34. The predicted molar refractivity (Wildman–Crippen MR) is 79.2 cm³/mol. The summed E-state index contributed by atoms with van der Waals surface area (Å²) in [4.78, 5) is 11.8. The summed E-state index contributed by atoms with van der Waals surface area (Å²) in [6, 6.07) is 6.05. The number of rotatable bonds is 5. The fourth-order valence-corrected chi connectivity index (χ4v) is 1.59. The van der Waals surface area contributed by atoms with Gasteiger partial charge in [-0.05, 0) is 38.0 Å². The quantitative estimate of drug-likeness (QED) is 0.827. The molecule has 1 aromatic carbocycles. The highest BCUT2D eigenvalue weighted by atomic mass is 16.5. The molecule has 0 aliphatic heterocycles. The number of ether oxygens (including phenoxy) is 1. The Labute approximate surface area is 115 Å². The zero-order chi connectivity index (χ0) is 14.4. The Morgan fingerprint density at radius 1 is 1.32 bits per heavy atom. The second-order valence-corrected chi connectivity index (χ2v) is 5.12.